The summed E-state index contributed by atoms with van der Waals surface area (Å²) in [5.74, 6) is -0.313. The van der Waals surface area contributed by atoms with E-state index in [1.807, 2.05) is 35.2 Å². The SMILES string of the molecule is CN1CCN(C(=O)c2ccc3[nH]c4c(CC(N)=O)ccc(Br)c4c3c2)CC1. The number of nitrogens with one attached hydrogen (secondary N) is 1. The molecule has 1 aromatic heterocycles. The number of piperazine rings is 1. The van der Waals surface area contributed by atoms with E-state index in [2.05, 4.69) is 32.9 Å². The van der Waals surface area contributed by atoms with Crippen LogP contribution in [0.2, 0.25) is 0 Å². The van der Waals surface area contributed by atoms with Crippen LogP contribution in [0.15, 0.2) is 34.8 Å². The van der Waals surface area contributed by atoms with Gasteiger partial charge in [0.15, 0.2) is 0 Å². The first-order chi connectivity index (χ1) is 12.9. The third-order valence-corrected chi connectivity index (χ3v) is 5.85. The van der Waals surface area contributed by atoms with Crippen LogP contribution in [-0.2, 0) is 11.2 Å². The van der Waals surface area contributed by atoms with Crippen LogP contribution < -0.4 is 5.73 Å². The average Bonchev–Trinajstić information content (AvgIpc) is 3.03. The third kappa shape index (κ3) is 3.33. The second-order valence-corrected chi connectivity index (χ2v) is 7.93. The first-order valence-electron chi connectivity index (χ1n) is 8.93. The van der Waals surface area contributed by atoms with Gasteiger partial charge in [-0.2, -0.15) is 0 Å². The molecule has 1 saturated heterocycles. The molecule has 7 heteroatoms. The van der Waals surface area contributed by atoms with Crippen molar-refractivity contribution in [3.63, 3.8) is 0 Å². The number of primary amides is 1. The molecule has 2 aromatic carbocycles. The van der Waals surface area contributed by atoms with Crippen molar-refractivity contribution in [1.29, 1.82) is 0 Å². The normalized spacial score (nSPS) is 15.6. The second kappa shape index (κ2) is 6.98. The number of benzene rings is 2. The summed E-state index contributed by atoms with van der Waals surface area (Å²) in [6.07, 6.45) is 0.170. The van der Waals surface area contributed by atoms with Gasteiger partial charge in [0, 0.05) is 52.5 Å². The first-order valence-corrected chi connectivity index (χ1v) is 9.72. The van der Waals surface area contributed by atoms with Gasteiger partial charge >= 0.3 is 0 Å². The van der Waals surface area contributed by atoms with E-state index in [-0.39, 0.29) is 18.2 Å². The highest BCUT2D eigenvalue weighted by molar-refractivity contribution is 9.10. The molecule has 27 heavy (non-hydrogen) atoms. The van der Waals surface area contributed by atoms with Gasteiger partial charge in [0.05, 0.1) is 11.9 Å². The van der Waals surface area contributed by atoms with Gasteiger partial charge in [-0.15, -0.1) is 0 Å². The van der Waals surface area contributed by atoms with E-state index in [1.165, 1.54) is 0 Å². The molecular formula is C20H21BrN4O2. The second-order valence-electron chi connectivity index (χ2n) is 7.08. The van der Waals surface area contributed by atoms with Crippen molar-refractivity contribution >= 4 is 49.6 Å². The maximum atomic E-state index is 12.9. The van der Waals surface area contributed by atoms with E-state index in [0.29, 0.717) is 5.56 Å². The Morgan fingerprint density at radius 1 is 1.15 bits per heavy atom. The van der Waals surface area contributed by atoms with E-state index in [4.69, 9.17) is 5.73 Å². The van der Waals surface area contributed by atoms with Gasteiger partial charge in [-0.25, -0.2) is 0 Å². The lowest BCUT2D eigenvalue weighted by molar-refractivity contribution is -0.117. The quantitative estimate of drug-likeness (QED) is 0.671. The number of H-pyrrole nitrogens is 1. The summed E-state index contributed by atoms with van der Waals surface area (Å²) in [6.45, 7) is 3.27. The molecule has 0 spiro atoms. The van der Waals surface area contributed by atoms with E-state index in [0.717, 1.165) is 58.0 Å². The van der Waals surface area contributed by atoms with Crippen LogP contribution in [0.25, 0.3) is 21.8 Å². The van der Waals surface area contributed by atoms with Crippen LogP contribution in [0.5, 0.6) is 0 Å². The Kier molecular flexibility index (Phi) is 4.65. The largest absolute Gasteiger partial charge is 0.369 e. The van der Waals surface area contributed by atoms with Crippen molar-refractivity contribution < 1.29 is 9.59 Å². The molecule has 2 amide bonds. The first kappa shape index (κ1) is 18.0. The number of carbonyl (C=O) groups is 2. The molecule has 1 aliphatic heterocycles. The number of nitrogens with zero attached hydrogens (tertiary/aromatic N) is 2. The maximum Gasteiger partial charge on any atom is 0.253 e. The number of carbonyl (C=O) groups excluding carboxylic acids is 2. The van der Waals surface area contributed by atoms with Gasteiger partial charge in [0.1, 0.15) is 0 Å². The minimum Gasteiger partial charge on any atom is -0.369 e. The Bertz CT molecular complexity index is 1050. The van der Waals surface area contributed by atoms with Crippen LogP contribution in [-0.4, -0.2) is 59.8 Å². The zero-order valence-electron chi connectivity index (χ0n) is 15.1. The molecule has 0 unspecified atom stereocenters. The van der Waals surface area contributed by atoms with Gasteiger partial charge in [0.25, 0.3) is 5.91 Å². The fraction of sp³-hybridized carbons (Fsp3) is 0.300. The van der Waals surface area contributed by atoms with Crippen molar-refractivity contribution in [1.82, 2.24) is 14.8 Å². The van der Waals surface area contributed by atoms with E-state index < -0.39 is 0 Å². The summed E-state index contributed by atoms with van der Waals surface area (Å²) < 4.78 is 0.918. The Hall–Kier alpha value is -2.38. The minimum atomic E-state index is -0.372. The van der Waals surface area contributed by atoms with Gasteiger partial charge < -0.3 is 20.5 Å². The van der Waals surface area contributed by atoms with Crippen molar-refractivity contribution in [2.75, 3.05) is 33.2 Å². The number of rotatable bonds is 3. The molecular weight excluding hydrogens is 408 g/mol. The number of halogens is 1. The van der Waals surface area contributed by atoms with Crippen LogP contribution in [0.4, 0.5) is 0 Å². The Morgan fingerprint density at radius 3 is 2.59 bits per heavy atom. The number of aromatic amines is 1. The Labute approximate surface area is 165 Å². The van der Waals surface area contributed by atoms with Crippen molar-refractivity contribution in [2.24, 2.45) is 5.73 Å². The summed E-state index contributed by atoms with van der Waals surface area (Å²) in [6, 6.07) is 9.54. The molecule has 0 atom stereocenters. The fourth-order valence-electron chi connectivity index (χ4n) is 3.68. The van der Waals surface area contributed by atoms with Crippen LogP contribution in [0.1, 0.15) is 15.9 Å². The summed E-state index contributed by atoms with van der Waals surface area (Å²) in [5.41, 5.74) is 8.72. The molecule has 4 rings (SSSR count). The number of nitrogens with two attached hydrogens (primary N) is 1. The molecule has 3 N–H and O–H groups in total. The smallest absolute Gasteiger partial charge is 0.253 e. The summed E-state index contributed by atoms with van der Waals surface area (Å²) in [4.78, 5) is 31.8. The van der Waals surface area contributed by atoms with Gasteiger partial charge in [0.2, 0.25) is 5.91 Å². The van der Waals surface area contributed by atoms with E-state index in [9.17, 15) is 9.59 Å². The molecule has 0 radical (unpaired) electrons. The van der Waals surface area contributed by atoms with Crippen LogP contribution in [0, 0.1) is 0 Å². The van der Waals surface area contributed by atoms with Gasteiger partial charge in [-0.1, -0.05) is 22.0 Å². The summed E-state index contributed by atoms with van der Waals surface area (Å²) in [7, 11) is 2.07. The average molecular weight is 429 g/mol. The number of fused-ring (bicyclic) bond motifs is 3. The highest BCUT2D eigenvalue weighted by atomic mass is 79.9. The van der Waals surface area contributed by atoms with Gasteiger partial charge in [-0.3, -0.25) is 9.59 Å². The van der Waals surface area contributed by atoms with Crippen molar-refractivity contribution in [2.45, 2.75) is 6.42 Å². The summed E-state index contributed by atoms with van der Waals surface area (Å²) in [5, 5.41) is 1.93. The third-order valence-electron chi connectivity index (χ3n) is 5.19. The number of hydrogen-bond donors (Lipinski definition) is 2. The Morgan fingerprint density at radius 2 is 1.89 bits per heavy atom. The lowest BCUT2D eigenvalue weighted by atomic mass is 10.0. The molecule has 2 heterocycles. The molecule has 0 saturated carbocycles. The van der Waals surface area contributed by atoms with Crippen LogP contribution in [0.3, 0.4) is 0 Å². The monoisotopic (exact) mass is 428 g/mol. The highest BCUT2D eigenvalue weighted by Gasteiger charge is 2.21. The lowest BCUT2D eigenvalue weighted by Crippen LogP contribution is -2.47. The fourth-order valence-corrected chi connectivity index (χ4v) is 4.23. The van der Waals surface area contributed by atoms with E-state index in [1.54, 1.807) is 0 Å². The predicted molar refractivity (Wildman–Crippen MR) is 110 cm³/mol. The highest BCUT2D eigenvalue weighted by Crippen LogP contribution is 2.34. The molecule has 0 aliphatic carbocycles. The van der Waals surface area contributed by atoms with Crippen LogP contribution >= 0.6 is 15.9 Å². The number of likely N-dealkylation sites (N-methyl/N-ethyl adjacent to an activating group) is 1. The zero-order chi connectivity index (χ0) is 19.1. The molecule has 1 fully saturated rings. The molecule has 6 nitrogen and oxygen atoms in total. The van der Waals surface area contributed by atoms with Crippen molar-refractivity contribution in [3.05, 3.63) is 45.9 Å². The number of hydrogen-bond acceptors (Lipinski definition) is 3. The molecule has 140 valence electrons. The number of amides is 2. The molecule has 1 aliphatic rings. The topological polar surface area (TPSA) is 82.4 Å². The molecule has 0 bridgehead atoms. The minimum absolute atomic E-state index is 0.0590. The van der Waals surface area contributed by atoms with Crippen molar-refractivity contribution in [3.8, 4) is 0 Å². The lowest BCUT2D eigenvalue weighted by Gasteiger charge is -2.32. The number of aromatic nitrogens is 1. The van der Waals surface area contributed by atoms with E-state index >= 15 is 0 Å². The Balaban J connectivity index is 1.78. The standard InChI is InChI=1S/C20H21BrN4O2/c1-24-6-8-25(9-7-24)20(27)13-3-5-16-14(10-13)18-15(21)4-2-12(11-17(22)26)19(18)23-16/h2-5,10,23H,6-9,11H2,1H3,(H2,22,26). The summed E-state index contributed by atoms with van der Waals surface area (Å²) >= 11 is 3.61. The molecule has 3 aromatic rings. The van der Waals surface area contributed by atoms with Gasteiger partial charge in [-0.05, 0) is 36.9 Å². The zero-order valence-corrected chi connectivity index (χ0v) is 16.7. The maximum absolute atomic E-state index is 12.9. The predicted octanol–water partition coefficient (Wildman–Crippen LogP) is 2.50.